The lowest BCUT2D eigenvalue weighted by Gasteiger charge is -2.33. The molecule has 0 saturated heterocycles. The van der Waals surface area contributed by atoms with Crippen LogP contribution in [0, 0.1) is 0 Å². The Morgan fingerprint density at radius 1 is 0.846 bits per heavy atom. The highest BCUT2D eigenvalue weighted by atomic mass is 16.5. The summed E-state index contributed by atoms with van der Waals surface area (Å²) < 4.78 is 27.8. The summed E-state index contributed by atoms with van der Waals surface area (Å²) in [5.41, 5.74) is 1.60. The maximum atomic E-state index is 10.5. The van der Waals surface area contributed by atoms with Gasteiger partial charge in [0, 0.05) is 29.8 Å². The van der Waals surface area contributed by atoms with Crippen LogP contribution in [0.15, 0.2) is 24.3 Å². The second-order valence-corrected chi connectivity index (χ2v) is 6.25. The number of hydrogen-bond donors (Lipinski definition) is 1. The highest BCUT2D eigenvalue weighted by molar-refractivity contribution is 5.56. The van der Waals surface area contributed by atoms with Crippen LogP contribution in [0.25, 0.3) is 0 Å². The molecule has 0 aliphatic carbocycles. The van der Waals surface area contributed by atoms with Gasteiger partial charge in [0.25, 0.3) is 0 Å². The van der Waals surface area contributed by atoms with E-state index < -0.39 is 0 Å². The Morgan fingerprint density at radius 3 is 2.00 bits per heavy atom. The third-order valence-corrected chi connectivity index (χ3v) is 4.73. The Balaban J connectivity index is 2.07. The molecule has 1 N–H and O–H groups in total. The monoisotopic (exact) mass is 360 g/mol. The van der Waals surface area contributed by atoms with Crippen molar-refractivity contribution in [2.24, 2.45) is 0 Å². The highest BCUT2D eigenvalue weighted by Crippen LogP contribution is 2.51. The molecule has 0 amide bonds. The van der Waals surface area contributed by atoms with Crippen molar-refractivity contribution in [2.45, 2.75) is 25.4 Å². The predicted octanol–water partition coefficient (Wildman–Crippen LogP) is 4.05. The lowest BCUT2D eigenvalue weighted by Crippen LogP contribution is -2.19. The zero-order valence-corrected chi connectivity index (χ0v) is 15.7. The van der Waals surface area contributed by atoms with Gasteiger partial charge in [0.15, 0.2) is 0 Å². The summed E-state index contributed by atoms with van der Waals surface area (Å²) in [7, 11) is 6.33. The zero-order valence-electron chi connectivity index (χ0n) is 15.7. The molecular weight excluding hydrogens is 336 g/mol. The molecule has 0 spiro atoms. The molecule has 6 nitrogen and oxygen atoms in total. The Hall–Kier alpha value is -2.76. The van der Waals surface area contributed by atoms with Crippen molar-refractivity contribution in [2.75, 3.05) is 28.4 Å². The lowest BCUT2D eigenvalue weighted by molar-refractivity contribution is 0.153. The molecule has 0 radical (unpaired) electrons. The summed E-state index contributed by atoms with van der Waals surface area (Å²) in [6, 6.07) is 7.00. The topological polar surface area (TPSA) is 66.4 Å². The molecule has 1 heterocycles. The molecule has 26 heavy (non-hydrogen) atoms. The number of methoxy groups -OCH3 is 4. The van der Waals surface area contributed by atoms with E-state index in [0.29, 0.717) is 35.0 Å². The van der Waals surface area contributed by atoms with Crippen LogP contribution in [0.1, 0.15) is 36.5 Å². The van der Waals surface area contributed by atoms with Crippen molar-refractivity contribution in [3.8, 4) is 34.5 Å². The number of phenols is 1. The number of aromatic hydroxyl groups is 1. The van der Waals surface area contributed by atoms with Crippen LogP contribution in [0.3, 0.4) is 0 Å². The SMILES string of the molecule is COc1cc(OC)c2c(c1)O[C@@H](c1c(O)cc(OC)cc1OC)C[C@@H]2C. The Labute approximate surface area is 153 Å². The fourth-order valence-corrected chi connectivity index (χ4v) is 3.46. The molecule has 0 bridgehead atoms. The van der Waals surface area contributed by atoms with E-state index in [-0.39, 0.29) is 17.8 Å². The van der Waals surface area contributed by atoms with E-state index in [4.69, 9.17) is 23.7 Å². The van der Waals surface area contributed by atoms with Crippen molar-refractivity contribution >= 4 is 0 Å². The van der Waals surface area contributed by atoms with Crippen LogP contribution in [0.5, 0.6) is 34.5 Å². The average Bonchev–Trinajstić information content (AvgIpc) is 2.65. The molecule has 140 valence electrons. The fourth-order valence-electron chi connectivity index (χ4n) is 3.46. The molecular formula is C20H24O6. The van der Waals surface area contributed by atoms with Crippen LogP contribution in [-0.4, -0.2) is 33.5 Å². The van der Waals surface area contributed by atoms with Crippen molar-refractivity contribution in [3.63, 3.8) is 0 Å². The van der Waals surface area contributed by atoms with E-state index in [1.165, 1.54) is 0 Å². The van der Waals surface area contributed by atoms with Gasteiger partial charge in [0.2, 0.25) is 0 Å². The van der Waals surface area contributed by atoms with Gasteiger partial charge < -0.3 is 28.8 Å². The summed E-state index contributed by atoms with van der Waals surface area (Å²) in [5, 5.41) is 10.5. The number of ether oxygens (including phenoxy) is 5. The van der Waals surface area contributed by atoms with E-state index in [0.717, 1.165) is 11.3 Å². The maximum absolute atomic E-state index is 10.5. The van der Waals surface area contributed by atoms with Crippen LogP contribution in [-0.2, 0) is 0 Å². The number of hydrogen-bond acceptors (Lipinski definition) is 6. The first-order chi connectivity index (χ1) is 12.5. The van der Waals surface area contributed by atoms with E-state index >= 15 is 0 Å². The minimum absolute atomic E-state index is 0.0803. The Kier molecular flexibility index (Phi) is 5.02. The lowest BCUT2D eigenvalue weighted by atomic mass is 9.87. The van der Waals surface area contributed by atoms with Crippen molar-refractivity contribution < 1.29 is 28.8 Å². The summed E-state index contributed by atoms with van der Waals surface area (Å²) in [6.07, 6.45) is 0.307. The minimum Gasteiger partial charge on any atom is -0.507 e. The van der Waals surface area contributed by atoms with Crippen molar-refractivity contribution in [3.05, 3.63) is 35.4 Å². The molecule has 0 aromatic heterocycles. The first-order valence-corrected chi connectivity index (χ1v) is 8.39. The van der Waals surface area contributed by atoms with E-state index in [9.17, 15) is 5.11 Å². The van der Waals surface area contributed by atoms with Gasteiger partial charge in [0.1, 0.15) is 40.6 Å². The third-order valence-electron chi connectivity index (χ3n) is 4.73. The molecule has 2 atom stereocenters. The number of benzene rings is 2. The molecule has 2 aromatic rings. The standard InChI is InChI=1S/C20H24O6/c1-11-6-17(20-14(21)7-12(22-2)8-16(20)25-5)26-18-10-13(23-3)9-15(24-4)19(11)18/h7-11,17,21H,6H2,1-5H3/t11-,17+/m0/s1. The average molecular weight is 360 g/mol. The van der Waals surface area contributed by atoms with Crippen LogP contribution in [0.4, 0.5) is 0 Å². The first kappa shape index (κ1) is 18.0. The molecule has 3 rings (SSSR count). The normalized spacial score (nSPS) is 18.5. The quantitative estimate of drug-likeness (QED) is 0.868. The highest BCUT2D eigenvalue weighted by Gasteiger charge is 2.33. The van der Waals surface area contributed by atoms with Crippen molar-refractivity contribution in [1.82, 2.24) is 0 Å². The predicted molar refractivity (Wildman–Crippen MR) is 97.2 cm³/mol. The van der Waals surface area contributed by atoms with Crippen LogP contribution >= 0.6 is 0 Å². The smallest absolute Gasteiger partial charge is 0.133 e. The Morgan fingerprint density at radius 2 is 1.42 bits per heavy atom. The second kappa shape index (κ2) is 7.23. The Bertz CT molecular complexity index is 801. The summed E-state index contributed by atoms with van der Waals surface area (Å²) >= 11 is 0. The molecule has 1 aliphatic rings. The molecule has 6 heteroatoms. The van der Waals surface area contributed by atoms with Crippen LogP contribution < -0.4 is 23.7 Å². The summed E-state index contributed by atoms with van der Waals surface area (Å²) in [5.74, 6) is 3.36. The second-order valence-electron chi connectivity index (χ2n) is 6.25. The number of phenolic OH excluding ortho intramolecular Hbond substituents is 1. The van der Waals surface area contributed by atoms with Gasteiger partial charge >= 0.3 is 0 Å². The summed E-state index contributed by atoms with van der Waals surface area (Å²) in [4.78, 5) is 0. The van der Waals surface area contributed by atoms with Crippen LogP contribution in [0.2, 0.25) is 0 Å². The van der Waals surface area contributed by atoms with Gasteiger partial charge in [-0.05, 0) is 12.3 Å². The molecule has 2 aromatic carbocycles. The molecule has 0 saturated carbocycles. The first-order valence-electron chi connectivity index (χ1n) is 8.39. The van der Waals surface area contributed by atoms with E-state index in [1.807, 2.05) is 12.1 Å². The number of fused-ring (bicyclic) bond motifs is 1. The van der Waals surface area contributed by atoms with Gasteiger partial charge in [0.05, 0.1) is 34.0 Å². The van der Waals surface area contributed by atoms with Crippen molar-refractivity contribution in [1.29, 1.82) is 0 Å². The maximum Gasteiger partial charge on any atom is 0.133 e. The molecule has 1 aliphatic heterocycles. The van der Waals surface area contributed by atoms with E-state index in [2.05, 4.69) is 6.92 Å². The van der Waals surface area contributed by atoms with Gasteiger partial charge in [-0.25, -0.2) is 0 Å². The van der Waals surface area contributed by atoms with Gasteiger partial charge in [-0.2, -0.15) is 0 Å². The minimum atomic E-state index is -0.366. The zero-order chi connectivity index (χ0) is 18.8. The van der Waals surface area contributed by atoms with Gasteiger partial charge in [-0.15, -0.1) is 0 Å². The van der Waals surface area contributed by atoms with Gasteiger partial charge in [-0.3, -0.25) is 0 Å². The fraction of sp³-hybridized carbons (Fsp3) is 0.400. The summed E-state index contributed by atoms with van der Waals surface area (Å²) in [6.45, 7) is 2.11. The molecule has 0 unspecified atom stereocenters. The number of rotatable bonds is 5. The third kappa shape index (κ3) is 3.07. The van der Waals surface area contributed by atoms with Gasteiger partial charge in [-0.1, -0.05) is 6.92 Å². The largest absolute Gasteiger partial charge is 0.507 e. The molecule has 0 fully saturated rings. The van der Waals surface area contributed by atoms with E-state index in [1.54, 1.807) is 40.6 Å².